The molecular formula is C22H20N2O6S. The van der Waals surface area contributed by atoms with Gasteiger partial charge in [-0.3, -0.25) is 0 Å². The van der Waals surface area contributed by atoms with Gasteiger partial charge in [-0.05, 0) is 48.9 Å². The summed E-state index contributed by atoms with van der Waals surface area (Å²) in [7, 11) is -3.01. The van der Waals surface area contributed by atoms with Crippen LogP contribution in [-0.2, 0) is 14.9 Å². The zero-order chi connectivity index (χ0) is 22.4. The molecule has 3 aromatic carbocycles. The molecule has 9 heteroatoms. The molecule has 0 saturated carbocycles. The van der Waals surface area contributed by atoms with Crippen LogP contribution in [0.2, 0.25) is 0 Å². The second kappa shape index (κ2) is 9.31. The van der Waals surface area contributed by atoms with E-state index in [4.69, 9.17) is 8.92 Å². The fourth-order valence-corrected chi connectivity index (χ4v) is 3.67. The fourth-order valence-electron chi connectivity index (χ4n) is 2.70. The SMILES string of the molecule is COC(=O)c1cc(NC(=O)Nc2ccccc2C)ccc1OS(=O)(=O)c1ccccc1. The van der Waals surface area contributed by atoms with Gasteiger partial charge in [0.2, 0.25) is 0 Å². The zero-order valence-electron chi connectivity index (χ0n) is 16.8. The Hall–Kier alpha value is -3.85. The quantitative estimate of drug-likeness (QED) is 0.439. The average Bonchev–Trinajstić information content (AvgIpc) is 2.76. The van der Waals surface area contributed by atoms with Crippen molar-refractivity contribution in [1.82, 2.24) is 0 Å². The van der Waals surface area contributed by atoms with E-state index in [9.17, 15) is 18.0 Å². The molecule has 0 aliphatic rings. The third-order valence-corrected chi connectivity index (χ3v) is 5.52. The van der Waals surface area contributed by atoms with Crippen LogP contribution in [0.1, 0.15) is 15.9 Å². The van der Waals surface area contributed by atoms with Crippen molar-refractivity contribution < 1.29 is 26.9 Å². The monoisotopic (exact) mass is 440 g/mol. The summed E-state index contributed by atoms with van der Waals surface area (Å²) in [6.07, 6.45) is 0. The maximum Gasteiger partial charge on any atom is 0.341 e. The van der Waals surface area contributed by atoms with Gasteiger partial charge >= 0.3 is 22.1 Å². The van der Waals surface area contributed by atoms with Gasteiger partial charge in [-0.25, -0.2) is 9.59 Å². The van der Waals surface area contributed by atoms with Crippen molar-refractivity contribution in [2.45, 2.75) is 11.8 Å². The van der Waals surface area contributed by atoms with E-state index in [0.717, 1.165) is 12.7 Å². The lowest BCUT2D eigenvalue weighted by atomic mass is 10.2. The molecule has 160 valence electrons. The smallest absolute Gasteiger partial charge is 0.341 e. The Balaban J connectivity index is 1.84. The van der Waals surface area contributed by atoms with Crippen molar-refractivity contribution in [1.29, 1.82) is 0 Å². The Labute approximate surface area is 179 Å². The molecule has 0 aliphatic carbocycles. The summed E-state index contributed by atoms with van der Waals surface area (Å²) in [6.45, 7) is 1.85. The molecule has 0 heterocycles. The molecule has 0 radical (unpaired) electrons. The van der Waals surface area contributed by atoms with Crippen LogP contribution in [0, 0.1) is 6.92 Å². The van der Waals surface area contributed by atoms with Crippen molar-refractivity contribution in [3.8, 4) is 5.75 Å². The van der Waals surface area contributed by atoms with Crippen LogP contribution in [-0.4, -0.2) is 27.5 Å². The van der Waals surface area contributed by atoms with Gasteiger partial charge in [0.05, 0.1) is 7.11 Å². The molecule has 0 aromatic heterocycles. The van der Waals surface area contributed by atoms with Crippen LogP contribution >= 0.6 is 0 Å². The number of benzene rings is 3. The molecule has 8 nitrogen and oxygen atoms in total. The molecule has 0 atom stereocenters. The van der Waals surface area contributed by atoms with Gasteiger partial charge in [0.25, 0.3) is 0 Å². The maximum atomic E-state index is 12.5. The molecule has 3 rings (SSSR count). The number of carbonyl (C=O) groups excluding carboxylic acids is 2. The minimum atomic E-state index is -4.17. The van der Waals surface area contributed by atoms with Crippen molar-refractivity contribution in [3.05, 3.63) is 83.9 Å². The molecule has 2 amide bonds. The number of hydrogen-bond donors (Lipinski definition) is 2. The molecule has 0 aliphatic heterocycles. The molecule has 0 saturated heterocycles. The first-order chi connectivity index (χ1) is 14.8. The highest BCUT2D eigenvalue weighted by molar-refractivity contribution is 7.87. The van der Waals surface area contributed by atoms with Crippen LogP contribution in [0.3, 0.4) is 0 Å². The summed E-state index contributed by atoms with van der Waals surface area (Å²) in [5.41, 5.74) is 1.59. The molecule has 2 N–H and O–H groups in total. The van der Waals surface area contributed by atoms with Gasteiger partial charge in [-0.15, -0.1) is 0 Å². The lowest BCUT2D eigenvalue weighted by Crippen LogP contribution is -2.20. The maximum absolute atomic E-state index is 12.5. The van der Waals surface area contributed by atoms with Crippen molar-refractivity contribution in [2.24, 2.45) is 0 Å². The molecule has 0 fully saturated rings. The normalized spacial score (nSPS) is 10.8. The lowest BCUT2D eigenvalue weighted by molar-refractivity contribution is 0.0599. The van der Waals surface area contributed by atoms with Gasteiger partial charge in [0.15, 0.2) is 5.75 Å². The number of esters is 1. The Morgan fingerprint density at radius 1 is 0.871 bits per heavy atom. The van der Waals surface area contributed by atoms with E-state index in [1.54, 1.807) is 30.3 Å². The Morgan fingerprint density at radius 3 is 2.23 bits per heavy atom. The van der Waals surface area contributed by atoms with E-state index in [0.29, 0.717) is 5.69 Å². The van der Waals surface area contributed by atoms with Crippen molar-refractivity contribution >= 4 is 33.5 Å². The minimum Gasteiger partial charge on any atom is -0.465 e. The topological polar surface area (TPSA) is 111 Å². The first-order valence-electron chi connectivity index (χ1n) is 9.15. The zero-order valence-corrected chi connectivity index (χ0v) is 17.6. The number of anilines is 2. The van der Waals surface area contributed by atoms with Crippen molar-refractivity contribution in [2.75, 3.05) is 17.7 Å². The second-order valence-electron chi connectivity index (χ2n) is 6.45. The van der Waals surface area contributed by atoms with E-state index >= 15 is 0 Å². The fraction of sp³-hybridized carbons (Fsp3) is 0.0909. The number of methoxy groups -OCH3 is 1. The highest BCUT2D eigenvalue weighted by Gasteiger charge is 2.22. The number of rotatable bonds is 6. The average molecular weight is 440 g/mol. The first kappa shape index (κ1) is 21.8. The molecule has 0 bridgehead atoms. The number of ether oxygens (including phenoxy) is 1. The number of carbonyl (C=O) groups is 2. The summed E-state index contributed by atoms with van der Waals surface area (Å²) in [4.78, 5) is 24.5. The van der Waals surface area contributed by atoms with Gasteiger partial charge in [-0.2, -0.15) is 8.42 Å². The van der Waals surface area contributed by atoms with Gasteiger partial charge in [0, 0.05) is 11.4 Å². The van der Waals surface area contributed by atoms with E-state index < -0.39 is 22.1 Å². The Bertz CT molecular complexity index is 1210. The Morgan fingerprint density at radius 2 is 1.55 bits per heavy atom. The molecule has 31 heavy (non-hydrogen) atoms. The van der Waals surface area contributed by atoms with Crippen LogP contribution < -0.4 is 14.8 Å². The van der Waals surface area contributed by atoms with E-state index in [1.165, 1.54) is 30.3 Å². The molecule has 0 unspecified atom stereocenters. The number of urea groups is 1. The molecule has 3 aromatic rings. The number of para-hydroxylation sites is 1. The minimum absolute atomic E-state index is 0.0642. The highest BCUT2D eigenvalue weighted by Crippen LogP contribution is 2.27. The second-order valence-corrected chi connectivity index (χ2v) is 7.99. The van der Waals surface area contributed by atoms with Crippen LogP contribution in [0.25, 0.3) is 0 Å². The van der Waals surface area contributed by atoms with E-state index in [2.05, 4.69) is 10.6 Å². The van der Waals surface area contributed by atoms with Crippen molar-refractivity contribution in [3.63, 3.8) is 0 Å². The predicted molar refractivity (Wildman–Crippen MR) is 116 cm³/mol. The van der Waals surface area contributed by atoms with E-state index in [-0.39, 0.29) is 21.9 Å². The third-order valence-electron chi connectivity index (χ3n) is 4.27. The third kappa shape index (κ3) is 5.40. The molecular weight excluding hydrogens is 420 g/mol. The Kier molecular flexibility index (Phi) is 6.56. The standard InChI is InChI=1S/C22H20N2O6S/c1-15-8-6-7-11-19(15)24-22(26)23-16-12-13-20(18(14-16)21(25)29-2)30-31(27,28)17-9-4-3-5-10-17/h3-14H,1-2H3,(H2,23,24,26). The largest absolute Gasteiger partial charge is 0.465 e. The summed E-state index contributed by atoms with van der Waals surface area (Å²) in [5, 5.41) is 5.30. The number of nitrogens with one attached hydrogen (secondary N) is 2. The summed E-state index contributed by atoms with van der Waals surface area (Å²) in [5.74, 6) is -1.04. The summed E-state index contributed by atoms with van der Waals surface area (Å²) in [6, 6.07) is 18.2. The van der Waals surface area contributed by atoms with Gasteiger partial charge < -0.3 is 19.6 Å². The van der Waals surface area contributed by atoms with Gasteiger partial charge in [-0.1, -0.05) is 36.4 Å². The summed E-state index contributed by atoms with van der Waals surface area (Å²) >= 11 is 0. The van der Waals surface area contributed by atoms with Crippen LogP contribution in [0.15, 0.2) is 77.7 Å². The van der Waals surface area contributed by atoms with Gasteiger partial charge in [0.1, 0.15) is 10.5 Å². The van der Waals surface area contributed by atoms with Crippen LogP contribution in [0.4, 0.5) is 16.2 Å². The first-order valence-corrected chi connectivity index (χ1v) is 10.6. The van der Waals surface area contributed by atoms with Crippen LogP contribution in [0.5, 0.6) is 5.75 Å². The number of aryl methyl sites for hydroxylation is 1. The van der Waals surface area contributed by atoms with E-state index in [1.807, 2.05) is 19.1 Å². The number of amides is 2. The summed E-state index contributed by atoms with van der Waals surface area (Å²) < 4.78 is 34.9. The lowest BCUT2D eigenvalue weighted by Gasteiger charge is -2.13. The predicted octanol–water partition coefficient (Wildman–Crippen LogP) is 4.19. The molecule has 0 spiro atoms. The highest BCUT2D eigenvalue weighted by atomic mass is 32.2. The number of hydrogen-bond acceptors (Lipinski definition) is 6.